The number of ether oxygens (including phenoxy) is 1. The number of nitrogens with zero attached hydrogens (tertiary/aromatic N) is 2. The van der Waals surface area contributed by atoms with Gasteiger partial charge < -0.3 is 14.6 Å². The third kappa shape index (κ3) is 2.99. The number of methoxy groups -OCH3 is 1. The second-order valence-corrected chi connectivity index (χ2v) is 5.18. The molecule has 0 aliphatic heterocycles. The maximum absolute atomic E-state index is 5.27. The monoisotopic (exact) mass is 273 g/mol. The van der Waals surface area contributed by atoms with Crippen LogP contribution in [0.5, 0.6) is 5.75 Å². The molecule has 3 rings (SSSR count). The first-order valence-corrected chi connectivity index (χ1v) is 6.98. The Kier molecular flexibility index (Phi) is 3.97. The van der Waals surface area contributed by atoms with Crippen LogP contribution < -0.4 is 10.1 Å². The molecule has 0 radical (unpaired) electrons. The van der Waals surface area contributed by atoms with Crippen molar-refractivity contribution in [3.8, 4) is 5.75 Å². The van der Waals surface area contributed by atoms with Gasteiger partial charge in [-0.05, 0) is 36.5 Å². The van der Waals surface area contributed by atoms with Crippen LogP contribution >= 0.6 is 0 Å². The standard InChI is InChI=1S/C15H19N3O2/c1-19-14-4-2-3-11(9-14)12-7-13(8-12)16-6-5-15-17-10-18-20-15/h2-4,9-10,12-13,16H,5-8H2,1H3. The highest BCUT2D eigenvalue weighted by atomic mass is 16.5. The maximum atomic E-state index is 5.27. The lowest BCUT2D eigenvalue weighted by atomic mass is 9.76. The first-order valence-electron chi connectivity index (χ1n) is 6.98. The van der Waals surface area contributed by atoms with Gasteiger partial charge in [0.1, 0.15) is 5.75 Å². The number of nitrogens with one attached hydrogen (secondary N) is 1. The summed E-state index contributed by atoms with van der Waals surface area (Å²) in [5.74, 6) is 2.28. The van der Waals surface area contributed by atoms with E-state index in [0.29, 0.717) is 17.9 Å². The highest BCUT2D eigenvalue weighted by Gasteiger charge is 2.29. The van der Waals surface area contributed by atoms with Gasteiger partial charge in [-0.25, -0.2) is 0 Å². The van der Waals surface area contributed by atoms with Crippen molar-refractivity contribution in [2.24, 2.45) is 0 Å². The van der Waals surface area contributed by atoms with Crippen molar-refractivity contribution in [2.45, 2.75) is 31.2 Å². The van der Waals surface area contributed by atoms with Crippen molar-refractivity contribution in [3.05, 3.63) is 42.0 Å². The van der Waals surface area contributed by atoms with Gasteiger partial charge in [-0.2, -0.15) is 4.98 Å². The molecule has 0 bridgehead atoms. The SMILES string of the molecule is COc1cccc(C2CC(NCCc3ncno3)C2)c1. The normalized spacial score (nSPS) is 21.4. The smallest absolute Gasteiger partial charge is 0.227 e. The minimum atomic E-state index is 0.592. The topological polar surface area (TPSA) is 60.2 Å². The van der Waals surface area contributed by atoms with Gasteiger partial charge in [0.15, 0.2) is 6.33 Å². The molecular formula is C15H19N3O2. The fraction of sp³-hybridized carbons (Fsp3) is 0.467. The third-order valence-corrected chi connectivity index (χ3v) is 3.88. The summed E-state index contributed by atoms with van der Waals surface area (Å²) >= 11 is 0. The van der Waals surface area contributed by atoms with Gasteiger partial charge in [-0.1, -0.05) is 17.3 Å². The summed E-state index contributed by atoms with van der Waals surface area (Å²) in [6.45, 7) is 0.887. The van der Waals surface area contributed by atoms with E-state index in [9.17, 15) is 0 Å². The highest BCUT2D eigenvalue weighted by Crippen LogP contribution is 2.37. The fourth-order valence-corrected chi connectivity index (χ4v) is 2.64. The van der Waals surface area contributed by atoms with E-state index in [0.717, 1.165) is 18.7 Å². The average molecular weight is 273 g/mol. The number of aromatic nitrogens is 2. The van der Waals surface area contributed by atoms with Crippen LogP contribution in [0.15, 0.2) is 35.1 Å². The predicted octanol–water partition coefficient (Wildman–Crippen LogP) is 2.16. The molecule has 1 aliphatic carbocycles. The second kappa shape index (κ2) is 6.05. The van der Waals surface area contributed by atoms with Crippen LogP contribution in [0.2, 0.25) is 0 Å². The lowest BCUT2D eigenvalue weighted by Crippen LogP contribution is -2.40. The number of hydrogen-bond donors (Lipinski definition) is 1. The molecule has 0 amide bonds. The van der Waals surface area contributed by atoms with E-state index < -0.39 is 0 Å². The Labute approximate surface area is 118 Å². The lowest BCUT2D eigenvalue weighted by Gasteiger charge is -2.36. The molecule has 1 N–H and O–H groups in total. The molecule has 20 heavy (non-hydrogen) atoms. The molecule has 2 aromatic rings. The van der Waals surface area contributed by atoms with Crippen LogP contribution in [0, 0.1) is 0 Å². The Morgan fingerprint density at radius 3 is 3.05 bits per heavy atom. The second-order valence-electron chi connectivity index (χ2n) is 5.18. The molecule has 1 fully saturated rings. The molecule has 1 aromatic heterocycles. The van der Waals surface area contributed by atoms with E-state index in [4.69, 9.17) is 9.26 Å². The molecule has 0 spiro atoms. The molecule has 5 heteroatoms. The Balaban J connectivity index is 1.42. The molecule has 0 saturated heterocycles. The third-order valence-electron chi connectivity index (χ3n) is 3.88. The summed E-state index contributed by atoms with van der Waals surface area (Å²) in [5.41, 5.74) is 1.37. The fourth-order valence-electron chi connectivity index (χ4n) is 2.64. The summed E-state index contributed by atoms with van der Waals surface area (Å²) in [4.78, 5) is 4.01. The van der Waals surface area contributed by atoms with Gasteiger partial charge in [-0.3, -0.25) is 0 Å². The summed E-state index contributed by atoms with van der Waals surface area (Å²) in [6.07, 6.45) is 4.59. The van der Waals surface area contributed by atoms with Crippen LogP contribution in [-0.4, -0.2) is 29.8 Å². The van der Waals surface area contributed by atoms with Gasteiger partial charge >= 0.3 is 0 Å². The van der Waals surface area contributed by atoms with Gasteiger partial charge in [0.25, 0.3) is 0 Å². The molecule has 0 atom stereocenters. The van der Waals surface area contributed by atoms with Crippen molar-refractivity contribution in [3.63, 3.8) is 0 Å². The molecule has 1 heterocycles. The lowest BCUT2D eigenvalue weighted by molar-refractivity contribution is 0.286. The van der Waals surface area contributed by atoms with Crippen molar-refractivity contribution in [1.82, 2.24) is 15.5 Å². The molecule has 106 valence electrons. The molecule has 1 aromatic carbocycles. The Bertz CT molecular complexity index is 536. The largest absolute Gasteiger partial charge is 0.497 e. The van der Waals surface area contributed by atoms with Crippen molar-refractivity contribution in [1.29, 1.82) is 0 Å². The van der Waals surface area contributed by atoms with Gasteiger partial charge in [0.2, 0.25) is 5.89 Å². The number of rotatable bonds is 6. The van der Waals surface area contributed by atoms with Crippen molar-refractivity contribution < 1.29 is 9.26 Å². The van der Waals surface area contributed by atoms with Gasteiger partial charge in [-0.15, -0.1) is 0 Å². The summed E-state index contributed by atoms with van der Waals surface area (Å²) in [7, 11) is 1.71. The zero-order valence-electron chi connectivity index (χ0n) is 11.6. The first kappa shape index (κ1) is 13.1. The average Bonchev–Trinajstić information content (AvgIpc) is 2.94. The first-order chi connectivity index (χ1) is 9.85. The zero-order valence-corrected chi connectivity index (χ0v) is 11.6. The zero-order chi connectivity index (χ0) is 13.8. The molecule has 1 aliphatic rings. The summed E-state index contributed by atoms with van der Waals surface area (Å²) in [5, 5.41) is 7.12. The van der Waals surface area contributed by atoms with Crippen LogP contribution in [0.4, 0.5) is 0 Å². The van der Waals surface area contributed by atoms with E-state index in [1.807, 2.05) is 6.07 Å². The van der Waals surface area contributed by atoms with Crippen LogP contribution in [0.1, 0.15) is 30.2 Å². The Morgan fingerprint density at radius 2 is 2.30 bits per heavy atom. The Hall–Kier alpha value is -1.88. The summed E-state index contributed by atoms with van der Waals surface area (Å²) in [6, 6.07) is 8.96. The predicted molar refractivity (Wildman–Crippen MR) is 74.8 cm³/mol. The van der Waals surface area contributed by atoms with Crippen molar-refractivity contribution in [2.75, 3.05) is 13.7 Å². The molecular weight excluding hydrogens is 254 g/mol. The van der Waals surface area contributed by atoms with Gasteiger partial charge in [0, 0.05) is 19.0 Å². The minimum Gasteiger partial charge on any atom is -0.497 e. The van der Waals surface area contributed by atoms with E-state index in [1.165, 1.54) is 24.7 Å². The summed E-state index contributed by atoms with van der Waals surface area (Å²) < 4.78 is 10.2. The van der Waals surface area contributed by atoms with E-state index in [-0.39, 0.29) is 0 Å². The maximum Gasteiger partial charge on any atom is 0.227 e. The van der Waals surface area contributed by atoms with Crippen LogP contribution in [-0.2, 0) is 6.42 Å². The van der Waals surface area contributed by atoms with Crippen molar-refractivity contribution >= 4 is 0 Å². The minimum absolute atomic E-state index is 0.592. The number of benzene rings is 1. The quantitative estimate of drug-likeness (QED) is 0.874. The van der Waals surface area contributed by atoms with E-state index in [2.05, 4.69) is 33.7 Å². The molecule has 1 saturated carbocycles. The molecule has 5 nitrogen and oxygen atoms in total. The van der Waals surface area contributed by atoms with Crippen LogP contribution in [0.25, 0.3) is 0 Å². The number of hydrogen-bond acceptors (Lipinski definition) is 5. The van der Waals surface area contributed by atoms with Crippen LogP contribution in [0.3, 0.4) is 0 Å². The Morgan fingerprint density at radius 1 is 1.40 bits per heavy atom. The molecule has 0 unspecified atom stereocenters. The highest BCUT2D eigenvalue weighted by molar-refractivity contribution is 5.32. The van der Waals surface area contributed by atoms with Gasteiger partial charge in [0.05, 0.1) is 7.11 Å². The van der Waals surface area contributed by atoms with E-state index in [1.54, 1.807) is 7.11 Å². The van der Waals surface area contributed by atoms with E-state index >= 15 is 0 Å².